The topological polar surface area (TPSA) is 46.6 Å². The fourth-order valence-electron chi connectivity index (χ4n) is 5.30. The maximum atomic E-state index is 12.2. The van der Waals surface area contributed by atoms with Crippen LogP contribution in [0.15, 0.2) is 23.5 Å². The maximum absolute atomic E-state index is 12.2. The van der Waals surface area contributed by atoms with E-state index in [1.165, 1.54) is 11.8 Å². The molecule has 1 saturated heterocycles. The van der Waals surface area contributed by atoms with Crippen molar-refractivity contribution < 1.29 is 12.8 Å². The van der Waals surface area contributed by atoms with E-state index >= 15 is 0 Å². The zero-order valence-corrected chi connectivity index (χ0v) is 19.7. The number of hydrogen-bond acceptors (Lipinski definition) is 3. The summed E-state index contributed by atoms with van der Waals surface area (Å²) in [5, 5.41) is 0. The van der Waals surface area contributed by atoms with E-state index < -0.39 is 18.3 Å². The standard InChI is InChI=1S/C20H37NO3SSi/c1-13(2)26(14(3)4,15(5)6)24-19-11-16(7)10-18-12-21(25(9,22)23)17(8)20(18)19/h10-11,13-17,20H,12H2,1-9H3/t16-,17-,20-/m1/s1. The summed E-state index contributed by atoms with van der Waals surface area (Å²) in [6.07, 6.45) is 5.76. The Kier molecular flexibility index (Phi) is 6.21. The molecule has 0 aromatic rings. The van der Waals surface area contributed by atoms with E-state index in [-0.39, 0.29) is 17.9 Å². The van der Waals surface area contributed by atoms with Crippen LogP contribution in [0.1, 0.15) is 55.4 Å². The minimum Gasteiger partial charge on any atom is -0.545 e. The molecule has 2 aliphatic rings. The lowest BCUT2D eigenvalue weighted by Gasteiger charge is -2.45. The summed E-state index contributed by atoms with van der Waals surface area (Å²) in [7, 11) is -5.29. The molecular weight excluding hydrogens is 362 g/mol. The van der Waals surface area contributed by atoms with Crippen LogP contribution >= 0.6 is 0 Å². The van der Waals surface area contributed by atoms with Gasteiger partial charge in [-0.2, -0.15) is 4.31 Å². The van der Waals surface area contributed by atoms with Gasteiger partial charge in [0, 0.05) is 12.6 Å². The van der Waals surface area contributed by atoms with Crippen molar-refractivity contribution in [3.8, 4) is 0 Å². The van der Waals surface area contributed by atoms with E-state index in [0.717, 1.165) is 5.76 Å². The largest absolute Gasteiger partial charge is 0.545 e. The molecule has 0 unspecified atom stereocenters. The fourth-order valence-corrected chi connectivity index (χ4v) is 11.7. The van der Waals surface area contributed by atoms with Crippen molar-refractivity contribution in [1.29, 1.82) is 0 Å². The molecule has 1 aliphatic carbocycles. The molecule has 150 valence electrons. The first-order valence-electron chi connectivity index (χ1n) is 9.90. The molecule has 0 amide bonds. The average molecular weight is 400 g/mol. The SMILES string of the molecule is CC(C)[Si](OC1=C[C@H](C)C=C2CN(S(C)(=O)=O)[C@H](C)[C@H]21)(C(C)C)C(C)C. The monoisotopic (exact) mass is 399 g/mol. The Hall–Kier alpha value is -0.593. The van der Waals surface area contributed by atoms with Crippen LogP contribution in [0.25, 0.3) is 0 Å². The van der Waals surface area contributed by atoms with Crippen LogP contribution in [0.4, 0.5) is 0 Å². The lowest BCUT2D eigenvalue weighted by Crippen LogP contribution is -2.49. The number of rotatable bonds is 6. The van der Waals surface area contributed by atoms with Gasteiger partial charge < -0.3 is 4.43 Å². The van der Waals surface area contributed by atoms with E-state index in [4.69, 9.17) is 4.43 Å². The fraction of sp³-hybridized carbons (Fsp3) is 0.800. The van der Waals surface area contributed by atoms with Gasteiger partial charge in [-0.1, -0.05) is 54.5 Å². The highest BCUT2D eigenvalue weighted by atomic mass is 32.2. The minimum atomic E-state index is -3.22. The van der Waals surface area contributed by atoms with Crippen molar-refractivity contribution in [2.75, 3.05) is 12.8 Å². The van der Waals surface area contributed by atoms with Crippen molar-refractivity contribution in [2.45, 2.75) is 78.1 Å². The maximum Gasteiger partial charge on any atom is 0.258 e. The molecule has 0 aromatic carbocycles. The molecule has 0 spiro atoms. The van der Waals surface area contributed by atoms with Crippen LogP contribution in [0.3, 0.4) is 0 Å². The molecule has 2 rings (SSSR count). The molecule has 0 radical (unpaired) electrons. The van der Waals surface area contributed by atoms with Crippen LogP contribution in [0.2, 0.25) is 16.6 Å². The molecule has 26 heavy (non-hydrogen) atoms. The molecule has 0 aromatic heterocycles. The highest BCUT2D eigenvalue weighted by Gasteiger charge is 2.51. The van der Waals surface area contributed by atoms with Crippen LogP contribution in [0, 0.1) is 11.8 Å². The van der Waals surface area contributed by atoms with Gasteiger partial charge in [0.25, 0.3) is 8.32 Å². The third kappa shape index (κ3) is 3.69. The first kappa shape index (κ1) is 21.7. The smallest absolute Gasteiger partial charge is 0.258 e. The van der Waals surface area contributed by atoms with E-state index in [0.29, 0.717) is 23.2 Å². The summed E-state index contributed by atoms with van der Waals surface area (Å²) in [5.74, 6) is 1.36. The zero-order chi connectivity index (χ0) is 20.0. The third-order valence-electron chi connectivity index (χ3n) is 6.31. The Labute approximate surface area is 161 Å². The number of hydrogen-bond donors (Lipinski definition) is 0. The van der Waals surface area contributed by atoms with E-state index in [2.05, 4.69) is 60.6 Å². The summed E-state index contributed by atoms with van der Waals surface area (Å²) in [4.78, 5) is 0. The summed E-state index contributed by atoms with van der Waals surface area (Å²) < 4.78 is 33.1. The molecule has 0 bridgehead atoms. The van der Waals surface area contributed by atoms with Crippen molar-refractivity contribution in [3.63, 3.8) is 0 Å². The number of sulfonamides is 1. The number of fused-ring (bicyclic) bond motifs is 1. The zero-order valence-electron chi connectivity index (χ0n) is 17.9. The molecule has 1 aliphatic heterocycles. The summed E-state index contributed by atoms with van der Waals surface area (Å²) >= 11 is 0. The number of nitrogens with zero attached hydrogens (tertiary/aromatic N) is 1. The van der Waals surface area contributed by atoms with Gasteiger partial charge >= 0.3 is 0 Å². The van der Waals surface area contributed by atoms with Crippen molar-refractivity contribution in [3.05, 3.63) is 23.5 Å². The second-order valence-corrected chi connectivity index (χ2v) is 16.4. The Bertz CT molecular complexity index is 672. The molecule has 4 nitrogen and oxygen atoms in total. The highest BCUT2D eigenvalue weighted by Crippen LogP contribution is 2.48. The van der Waals surface area contributed by atoms with Gasteiger partial charge in [0.2, 0.25) is 10.0 Å². The lowest BCUT2D eigenvalue weighted by molar-refractivity contribution is 0.285. The predicted molar refractivity (Wildman–Crippen MR) is 112 cm³/mol. The Morgan fingerprint density at radius 3 is 1.96 bits per heavy atom. The van der Waals surface area contributed by atoms with E-state index in [1.807, 2.05) is 6.92 Å². The number of allylic oxidation sites excluding steroid dienone is 2. The summed E-state index contributed by atoms with van der Waals surface area (Å²) in [6, 6.07) is -0.0896. The van der Waals surface area contributed by atoms with Crippen LogP contribution in [-0.4, -0.2) is 39.9 Å². The first-order valence-corrected chi connectivity index (χ1v) is 13.9. The Morgan fingerprint density at radius 1 is 1.04 bits per heavy atom. The van der Waals surface area contributed by atoms with Gasteiger partial charge in [-0.3, -0.25) is 0 Å². The van der Waals surface area contributed by atoms with Gasteiger partial charge in [0.1, 0.15) is 0 Å². The van der Waals surface area contributed by atoms with E-state index in [1.54, 1.807) is 4.31 Å². The highest BCUT2D eigenvalue weighted by molar-refractivity contribution is 7.88. The summed E-state index contributed by atoms with van der Waals surface area (Å²) in [6.45, 7) is 18.4. The van der Waals surface area contributed by atoms with Gasteiger partial charge in [0.05, 0.1) is 17.9 Å². The molecule has 6 heteroatoms. The molecular formula is C20H37NO3SSi. The lowest BCUT2D eigenvalue weighted by atomic mass is 9.86. The average Bonchev–Trinajstić information content (AvgIpc) is 2.80. The van der Waals surface area contributed by atoms with Crippen LogP contribution in [-0.2, 0) is 14.4 Å². The second kappa shape index (κ2) is 7.44. The van der Waals surface area contributed by atoms with Gasteiger partial charge in [-0.05, 0) is 41.1 Å². The van der Waals surface area contributed by atoms with Crippen molar-refractivity contribution in [2.24, 2.45) is 11.8 Å². The van der Waals surface area contributed by atoms with Gasteiger partial charge in [0.15, 0.2) is 0 Å². The first-order chi connectivity index (χ1) is 11.8. The molecule has 1 heterocycles. The normalized spacial score (nSPS) is 27.8. The Balaban J connectivity index is 2.46. The summed E-state index contributed by atoms with van der Waals surface area (Å²) in [5.41, 5.74) is 2.69. The van der Waals surface area contributed by atoms with Gasteiger partial charge in [-0.15, -0.1) is 0 Å². The quantitative estimate of drug-likeness (QED) is 0.470. The Morgan fingerprint density at radius 2 is 1.54 bits per heavy atom. The van der Waals surface area contributed by atoms with Crippen LogP contribution < -0.4 is 0 Å². The third-order valence-corrected chi connectivity index (χ3v) is 13.6. The predicted octanol–water partition coefficient (Wildman–Crippen LogP) is 4.92. The molecule has 0 N–H and O–H groups in total. The van der Waals surface area contributed by atoms with E-state index in [9.17, 15) is 8.42 Å². The minimum absolute atomic E-state index is 0.0593. The second-order valence-electron chi connectivity index (χ2n) is 9.12. The van der Waals surface area contributed by atoms with Crippen molar-refractivity contribution in [1.82, 2.24) is 4.31 Å². The molecule has 3 atom stereocenters. The van der Waals surface area contributed by atoms with Crippen molar-refractivity contribution >= 4 is 18.3 Å². The van der Waals surface area contributed by atoms with Gasteiger partial charge in [-0.25, -0.2) is 8.42 Å². The van der Waals surface area contributed by atoms with Crippen LogP contribution in [0.5, 0.6) is 0 Å². The molecule has 0 saturated carbocycles. The molecule has 1 fully saturated rings.